The van der Waals surface area contributed by atoms with E-state index in [1.165, 1.54) is 12.5 Å². The number of benzene rings is 1. The third-order valence-corrected chi connectivity index (χ3v) is 4.22. The summed E-state index contributed by atoms with van der Waals surface area (Å²) in [5.74, 6) is 0.586. The van der Waals surface area contributed by atoms with Crippen molar-refractivity contribution in [3.8, 4) is 5.75 Å². The summed E-state index contributed by atoms with van der Waals surface area (Å²) in [7, 11) is 1.59. The lowest BCUT2D eigenvalue weighted by Crippen LogP contribution is -2.45. The molecule has 1 aromatic rings. The number of hydrogen-bond donors (Lipinski definition) is 2. The lowest BCUT2D eigenvalue weighted by atomic mass is 10.1. The van der Waals surface area contributed by atoms with Gasteiger partial charge in [0, 0.05) is 32.2 Å². The number of nitrogens with zero attached hydrogens (tertiary/aromatic N) is 2. The number of likely N-dealkylation sites (tertiary alicyclic amines) is 1. The fraction of sp³-hybridized carbons (Fsp3) is 0.556. The fourth-order valence-electron chi connectivity index (χ4n) is 2.87. The Balaban J connectivity index is 1.88. The Morgan fingerprint density at radius 2 is 2.00 bits per heavy atom. The zero-order valence-electron chi connectivity index (χ0n) is 15.2. The number of ether oxygens (including phenoxy) is 1. The maximum absolute atomic E-state index is 12.5. The van der Waals surface area contributed by atoms with Crippen LogP contribution in [0.1, 0.15) is 30.4 Å². The van der Waals surface area contributed by atoms with Gasteiger partial charge in [0.2, 0.25) is 5.91 Å². The normalized spacial score (nSPS) is 15.1. The number of hydrogen-bond acceptors (Lipinski definition) is 3. The van der Waals surface area contributed by atoms with Crippen LogP contribution in [-0.4, -0.2) is 50.1 Å². The van der Waals surface area contributed by atoms with Gasteiger partial charge in [-0.3, -0.25) is 9.79 Å². The van der Waals surface area contributed by atoms with E-state index >= 15 is 0 Å². The zero-order chi connectivity index (χ0) is 18.9. The predicted octanol–water partition coefficient (Wildman–Crippen LogP) is 2.27. The summed E-state index contributed by atoms with van der Waals surface area (Å²) in [6, 6.07) is 5.01. The van der Waals surface area contributed by atoms with Gasteiger partial charge in [-0.15, -0.1) is 0 Å². The van der Waals surface area contributed by atoms with Crippen LogP contribution in [0.5, 0.6) is 5.75 Å². The fourth-order valence-corrected chi connectivity index (χ4v) is 2.87. The van der Waals surface area contributed by atoms with Crippen LogP contribution in [0.4, 0.5) is 8.78 Å². The summed E-state index contributed by atoms with van der Waals surface area (Å²) in [6.45, 7) is 0.986. The van der Waals surface area contributed by atoms with Gasteiger partial charge >= 0.3 is 6.61 Å². The Morgan fingerprint density at radius 1 is 1.27 bits per heavy atom. The number of carbonyl (C=O) groups excluding carboxylic acids is 1. The van der Waals surface area contributed by atoms with Gasteiger partial charge in [0.25, 0.3) is 0 Å². The molecular formula is C18H26F2N4O2. The van der Waals surface area contributed by atoms with Crippen molar-refractivity contribution in [3.05, 3.63) is 29.3 Å². The Bertz CT molecular complexity index is 632. The largest absolute Gasteiger partial charge is 0.434 e. The average molecular weight is 368 g/mol. The summed E-state index contributed by atoms with van der Waals surface area (Å²) in [5, 5.41) is 6.00. The van der Waals surface area contributed by atoms with Gasteiger partial charge in [0.1, 0.15) is 5.75 Å². The number of carbonyl (C=O) groups is 1. The van der Waals surface area contributed by atoms with Crippen LogP contribution in [0, 0.1) is 6.92 Å². The highest BCUT2D eigenvalue weighted by molar-refractivity contribution is 5.86. The Labute approximate surface area is 152 Å². The first kappa shape index (κ1) is 19.9. The van der Waals surface area contributed by atoms with Gasteiger partial charge in [-0.2, -0.15) is 8.78 Å². The Kier molecular flexibility index (Phi) is 7.62. The summed E-state index contributed by atoms with van der Waals surface area (Å²) in [5.41, 5.74) is 1.53. The molecule has 1 saturated heterocycles. The monoisotopic (exact) mass is 368 g/mol. The topological polar surface area (TPSA) is 66.0 Å². The highest BCUT2D eigenvalue weighted by Crippen LogP contribution is 2.21. The van der Waals surface area contributed by atoms with Crippen LogP contribution in [0.25, 0.3) is 0 Å². The van der Waals surface area contributed by atoms with Gasteiger partial charge < -0.3 is 20.3 Å². The first-order valence-corrected chi connectivity index (χ1v) is 8.76. The lowest BCUT2D eigenvalue weighted by molar-refractivity contribution is -0.130. The molecule has 1 heterocycles. The van der Waals surface area contributed by atoms with Crippen molar-refractivity contribution in [3.63, 3.8) is 0 Å². The molecular weight excluding hydrogens is 342 g/mol. The second-order valence-electron chi connectivity index (χ2n) is 6.21. The lowest BCUT2D eigenvalue weighted by Gasteiger charge is -2.27. The molecule has 0 spiro atoms. The second-order valence-corrected chi connectivity index (χ2v) is 6.21. The summed E-state index contributed by atoms with van der Waals surface area (Å²) in [4.78, 5) is 18.1. The molecule has 26 heavy (non-hydrogen) atoms. The molecule has 2 N–H and O–H groups in total. The smallest absolute Gasteiger partial charge is 0.387 e. The van der Waals surface area contributed by atoms with E-state index in [0.29, 0.717) is 11.5 Å². The number of aryl methyl sites for hydroxylation is 1. The molecule has 144 valence electrons. The average Bonchev–Trinajstić information content (AvgIpc) is 2.64. The van der Waals surface area contributed by atoms with Crippen molar-refractivity contribution < 1.29 is 18.3 Å². The molecule has 0 aliphatic carbocycles. The van der Waals surface area contributed by atoms with Crippen molar-refractivity contribution >= 4 is 11.9 Å². The van der Waals surface area contributed by atoms with Gasteiger partial charge in [-0.05, 0) is 32.3 Å². The van der Waals surface area contributed by atoms with E-state index in [-0.39, 0.29) is 24.7 Å². The molecule has 0 unspecified atom stereocenters. The number of amides is 1. The SMILES string of the molecule is CN=C(NCC(=O)N1CCCCC1)NCc1cc(C)ccc1OC(F)F. The van der Waals surface area contributed by atoms with Crippen LogP contribution in [-0.2, 0) is 11.3 Å². The van der Waals surface area contributed by atoms with Crippen molar-refractivity contribution in [2.45, 2.75) is 39.3 Å². The maximum Gasteiger partial charge on any atom is 0.387 e. The predicted molar refractivity (Wildman–Crippen MR) is 96.4 cm³/mol. The third-order valence-electron chi connectivity index (χ3n) is 4.22. The minimum atomic E-state index is -2.88. The first-order valence-electron chi connectivity index (χ1n) is 8.76. The molecule has 0 radical (unpaired) electrons. The van der Waals surface area contributed by atoms with Gasteiger partial charge in [0.15, 0.2) is 5.96 Å². The standard InChI is InChI=1S/C18H26F2N4O2/c1-13-6-7-15(26-17(19)20)14(10-13)11-22-18(21-2)23-12-16(25)24-8-4-3-5-9-24/h6-7,10,17H,3-5,8-9,11-12H2,1-2H3,(H2,21,22,23). The van der Waals surface area contributed by atoms with E-state index in [1.54, 1.807) is 19.2 Å². The molecule has 1 aliphatic heterocycles. The number of nitrogens with one attached hydrogen (secondary N) is 2. The van der Waals surface area contributed by atoms with E-state index in [4.69, 9.17) is 0 Å². The van der Waals surface area contributed by atoms with Crippen LogP contribution in [0.15, 0.2) is 23.2 Å². The molecule has 1 aromatic carbocycles. The molecule has 1 aliphatic rings. The molecule has 0 bridgehead atoms. The molecule has 6 nitrogen and oxygen atoms in total. The van der Waals surface area contributed by atoms with E-state index < -0.39 is 6.61 Å². The van der Waals surface area contributed by atoms with Crippen LogP contribution in [0.2, 0.25) is 0 Å². The number of piperidine rings is 1. The molecule has 0 saturated carbocycles. The van der Waals surface area contributed by atoms with Crippen LogP contribution in [0.3, 0.4) is 0 Å². The molecule has 8 heteroatoms. The van der Waals surface area contributed by atoms with Gasteiger partial charge in [-0.25, -0.2) is 0 Å². The van der Waals surface area contributed by atoms with Crippen LogP contribution >= 0.6 is 0 Å². The van der Waals surface area contributed by atoms with Crippen molar-refractivity contribution in [1.29, 1.82) is 0 Å². The summed E-state index contributed by atoms with van der Waals surface area (Å²) < 4.78 is 29.6. The molecule has 0 aromatic heterocycles. The van der Waals surface area contributed by atoms with Crippen molar-refractivity contribution in [2.24, 2.45) is 4.99 Å². The Hall–Kier alpha value is -2.38. The minimum Gasteiger partial charge on any atom is -0.434 e. The number of alkyl halides is 2. The first-order chi connectivity index (χ1) is 12.5. The number of rotatable bonds is 6. The highest BCUT2D eigenvalue weighted by Gasteiger charge is 2.16. The zero-order valence-corrected chi connectivity index (χ0v) is 15.2. The quantitative estimate of drug-likeness (QED) is 0.597. The van der Waals surface area contributed by atoms with E-state index in [0.717, 1.165) is 31.5 Å². The highest BCUT2D eigenvalue weighted by atomic mass is 19.3. The van der Waals surface area contributed by atoms with E-state index in [1.807, 2.05) is 11.8 Å². The summed E-state index contributed by atoms with van der Waals surface area (Å²) in [6.07, 6.45) is 3.25. The van der Waals surface area contributed by atoms with Gasteiger partial charge in [-0.1, -0.05) is 17.7 Å². The third kappa shape index (κ3) is 6.16. The van der Waals surface area contributed by atoms with Crippen molar-refractivity contribution in [1.82, 2.24) is 15.5 Å². The molecule has 1 fully saturated rings. The van der Waals surface area contributed by atoms with Crippen LogP contribution < -0.4 is 15.4 Å². The van der Waals surface area contributed by atoms with Crippen molar-refractivity contribution in [2.75, 3.05) is 26.7 Å². The second kappa shape index (κ2) is 9.94. The maximum atomic E-state index is 12.5. The molecule has 1 amide bonds. The molecule has 0 atom stereocenters. The Morgan fingerprint density at radius 3 is 2.65 bits per heavy atom. The number of aliphatic imine (C=N–C) groups is 1. The summed E-state index contributed by atoms with van der Waals surface area (Å²) >= 11 is 0. The number of halogens is 2. The number of guanidine groups is 1. The minimum absolute atomic E-state index is 0.0323. The van der Waals surface area contributed by atoms with E-state index in [2.05, 4.69) is 20.4 Å². The van der Waals surface area contributed by atoms with E-state index in [9.17, 15) is 13.6 Å². The molecule has 2 rings (SSSR count). The van der Waals surface area contributed by atoms with Gasteiger partial charge in [0.05, 0.1) is 6.54 Å².